The molecule has 0 saturated carbocycles. The van der Waals surface area contributed by atoms with Crippen molar-refractivity contribution in [3.8, 4) is 21.8 Å². The van der Waals surface area contributed by atoms with E-state index in [0.717, 1.165) is 27.4 Å². The standard InChI is InChI=1S/C17H13NOS/c1-12(19)14-9-5-6-10-15(14)16-11-20-17(18-16)13-7-3-2-4-8-13/h2-11H,1H3. The zero-order chi connectivity index (χ0) is 13.9. The first-order valence-corrected chi connectivity index (χ1v) is 7.25. The molecule has 0 radical (unpaired) electrons. The van der Waals surface area contributed by atoms with Crippen molar-refractivity contribution in [2.75, 3.05) is 0 Å². The third-order valence-corrected chi connectivity index (χ3v) is 4.00. The maximum absolute atomic E-state index is 11.7. The van der Waals surface area contributed by atoms with Gasteiger partial charge in [0.1, 0.15) is 5.01 Å². The maximum Gasteiger partial charge on any atom is 0.160 e. The van der Waals surface area contributed by atoms with Crippen LogP contribution in [0.4, 0.5) is 0 Å². The lowest BCUT2D eigenvalue weighted by molar-refractivity contribution is 0.101. The van der Waals surface area contributed by atoms with Crippen LogP contribution in [0.2, 0.25) is 0 Å². The van der Waals surface area contributed by atoms with Crippen LogP contribution >= 0.6 is 11.3 Å². The molecular weight excluding hydrogens is 266 g/mol. The lowest BCUT2D eigenvalue weighted by Crippen LogP contribution is -1.95. The zero-order valence-corrected chi connectivity index (χ0v) is 11.9. The van der Waals surface area contributed by atoms with Gasteiger partial charge in [0.25, 0.3) is 0 Å². The predicted molar refractivity (Wildman–Crippen MR) is 83.0 cm³/mol. The Kier molecular flexibility index (Phi) is 3.44. The minimum Gasteiger partial charge on any atom is -0.294 e. The van der Waals surface area contributed by atoms with Crippen molar-refractivity contribution >= 4 is 17.1 Å². The van der Waals surface area contributed by atoms with Gasteiger partial charge in [-0.15, -0.1) is 11.3 Å². The van der Waals surface area contributed by atoms with Crippen LogP contribution in [0, 0.1) is 0 Å². The van der Waals surface area contributed by atoms with E-state index in [2.05, 4.69) is 4.98 Å². The van der Waals surface area contributed by atoms with Crippen molar-refractivity contribution in [1.82, 2.24) is 4.98 Å². The highest BCUT2D eigenvalue weighted by Crippen LogP contribution is 2.30. The lowest BCUT2D eigenvalue weighted by atomic mass is 10.0. The number of hydrogen-bond donors (Lipinski definition) is 0. The van der Waals surface area contributed by atoms with Crippen molar-refractivity contribution < 1.29 is 4.79 Å². The third kappa shape index (κ3) is 2.40. The smallest absolute Gasteiger partial charge is 0.160 e. The number of carbonyl (C=O) groups is 1. The summed E-state index contributed by atoms with van der Waals surface area (Å²) in [6.07, 6.45) is 0. The Morgan fingerprint density at radius 2 is 1.70 bits per heavy atom. The fourth-order valence-corrected chi connectivity index (χ4v) is 2.95. The van der Waals surface area contributed by atoms with Gasteiger partial charge in [-0.05, 0) is 6.92 Å². The minimum absolute atomic E-state index is 0.0647. The highest BCUT2D eigenvalue weighted by Gasteiger charge is 2.12. The first-order chi connectivity index (χ1) is 9.75. The minimum atomic E-state index is 0.0647. The molecule has 0 bridgehead atoms. The number of Topliss-reactive ketones (excluding diaryl/α,β-unsaturated/α-hetero) is 1. The number of aromatic nitrogens is 1. The van der Waals surface area contributed by atoms with E-state index in [0.29, 0.717) is 0 Å². The molecule has 2 nitrogen and oxygen atoms in total. The van der Waals surface area contributed by atoms with E-state index in [1.54, 1.807) is 18.3 Å². The topological polar surface area (TPSA) is 30.0 Å². The molecule has 0 amide bonds. The summed E-state index contributed by atoms with van der Waals surface area (Å²) in [7, 11) is 0. The Labute approximate surface area is 121 Å². The maximum atomic E-state index is 11.7. The second-order valence-electron chi connectivity index (χ2n) is 4.51. The largest absolute Gasteiger partial charge is 0.294 e. The molecule has 3 aromatic rings. The molecule has 20 heavy (non-hydrogen) atoms. The molecule has 0 saturated heterocycles. The van der Waals surface area contributed by atoms with Gasteiger partial charge in [-0.2, -0.15) is 0 Å². The van der Waals surface area contributed by atoms with E-state index >= 15 is 0 Å². The quantitative estimate of drug-likeness (QED) is 0.652. The van der Waals surface area contributed by atoms with Crippen molar-refractivity contribution in [2.45, 2.75) is 6.92 Å². The van der Waals surface area contributed by atoms with Crippen molar-refractivity contribution in [3.63, 3.8) is 0 Å². The number of ketones is 1. The van der Waals surface area contributed by atoms with Gasteiger partial charge >= 0.3 is 0 Å². The Bertz CT molecular complexity index is 746. The number of nitrogens with zero attached hydrogens (tertiary/aromatic N) is 1. The van der Waals surface area contributed by atoms with Crippen molar-refractivity contribution in [1.29, 1.82) is 0 Å². The Morgan fingerprint density at radius 3 is 2.45 bits per heavy atom. The summed E-state index contributed by atoms with van der Waals surface area (Å²) < 4.78 is 0. The van der Waals surface area contributed by atoms with Gasteiger partial charge in [-0.25, -0.2) is 4.98 Å². The summed E-state index contributed by atoms with van der Waals surface area (Å²) in [6.45, 7) is 1.59. The number of carbonyl (C=O) groups excluding carboxylic acids is 1. The number of thiazole rings is 1. The molecule has 0 aliphatic rings. The average Bonchev–Trinajstić information content (AvgIpc) is 2.98. The molecule has 2 aromatic carbocycles. The fraction of sp³-hybridized carbons (Fsp3) is 0.0588. The van der Waals surface area contributed by atoms with Crippen molar-refractivity contribution in [2.24, 2.45) is 0 Å². The van der Waals surface area contributed by atoms with E-state index in [1.807, 2.05) is 60.0 Å². The second-order valence-corrected chi connectivity index (χ2v) is 5.36. The van der Waals surface area contributed by atoms with E-state index in [4.69, 9.17) is 0 Å². The molecular formula is C17H13NOS. The van der Waals surface area contributed by atoms with Gasteiger partial charge in [-0.3, -0.25) is 4.79 Å². The summed E-state index contributed by atoms with van der Waals surface area (Å²) >= 11 is 1.60. The van der Waals surface area contributed by atoms with Gasteiger partial charge in [0.15, 0.2) is 5.78 Å². The average molecular weight is 279 g/mol. The lowest BCUT2D eigenvalue weighted by Gasteiger charge is -2.03. The second kappa shape index (κ2) is 5.39. The van der Waals surface area contributed by atoms with Gasteiger partial charge in [0, 0.05) is 22.1 Å². The van der Waals surface area contributed by atoms with Crippen LogP contribution in [0.3, 0.4) is 0 Å². The fourth-order valence-electron chi connectivity index (χ4n) is 2.12. The van der Waals surface area contributed by atoms with Gasteiger partial charge in [0.05, 0.1) is 5.69 Å². The molecule has 0 atom stereocenters. The molecule has 0 aliphatic heterocycles. The highest BCUT2D eigenvalue weighted by atomic mass is 32.1. The molecule has 1 aromatic heterocycles. The van der Waals surface area contributed by atoms with Gasteiger partial charge < -0.3 is 0 Å². The van der Waals surface area contributed by atoms with Gasteiger partial charge in [-0.1, -0.05) is 54.6 Å². The molecule has 3 heteroatoms. The molecule has 98 valence electrons. The third-order valence-electron chi connectivity index (χ3n) is 3.11. The first-order valence-electron chi connectivity index (χ1n) is 6.37. The molecule has 0 unspecified atom stereocenters. The van der Waals surface area contributed by atoms with Crippen LogP contribution in [-0.2, 0) is 0 Å². The van der Waals surface area contributed by atoms with E-state index in [-0.39, 0.29) is 5.78 Å². The first kappa shape index (κ1) is 12.8. The normalized spacial score (nSPS) is 10.4. The Hall–Kier alpha value is -2.26. The summed E-state index contributed by atoms with van der Waals surface area (Å²) in [5.74, 6) is 0.0647. The summed E-state index contributed by atoms with van der Waals surface area (Å²) in [5.41, 5.74) is 3.58. The number of benzene rings is 2. The van der Waals surface area contributed by atoms with Crippen LogP contribution in [0.15, 0.2) is 60.0 Å². The molecule has 1 heterocycles. The number of hydrogen-bond acceptors (Lipinski definition) is 3. The summed E-state index contributed by atoms with van der Waals surface area (Å²) in [5, 5.41) is 2.98. The summed E-state index contributed by atoms with van der Waals surface area (Å²) in [6, 6.07) is 17.7. The molecule has 0 N–H and O–H groups in total. The highest BCUT2D eigenvalue weighted by molar-refractivity contribution is 7.13. The Balaban J connectivity index is 2.05. The predicted octanol–water partition coefficient (Wildman–Crippen LogP) is 4.68. The molecule has 0 fully saturated rings. The van der Waals surface area contributed by atoms with Crippen LogP contribution in [0.25, 0.3) is 21.8 Å². The monoisotopic (exact) mass is 279 g/mol. The van der Waals surface area contributed by atoms with E-state index in [9.17, 15) is 4.79 Å². The molecule has 3 rings (SSSR count). The van der Waals surface area contributed by atoms with Gasteiger partial charge in [0.2, 0.25) is 0 Å². The molecule has 0 aliphatic carbocycles. The number of rotatable bonds is 3. The van der Waals surface area contributed by atoms with Crippen molar-refractivity contribution in [3.05, 3.63) is 65.5 Å². The molecule has 0 spiro atoms. The van der Waals surface area contributed by atoms with Crippen LogP contribution in [-0.4, -0.2) is 10.8 Å². The Morgan fingerprint density at radius 1 is 1.00 bits per heavy atom. The summed E-state index contributed by atoms with van der Waals surface area (Å²) in [4.78, 5) is 16.4. The van der Waals surface area contributed by atoms with Crippen LogP contribution < -0.4 is 0 Å². The van der Waals surface area contributed by atoms with Crippen LogP contribution in [0.5, 0.6) is 0 Å². The zero-order valence-electron chi connectivity index (χ0n) is 11.0. The van der Waals surface area contributed by atoms with E-state index < -0.39 is 0 Å². The van der Waals surface area contributed by atoms with Crippen LogP contribution in [0.1, 0.15) is 17.3 Å². The SMILES string of the molecule is CC(=O)c1ccccc1-c1csc(-c2ccccc2)n1. The van der Waals surface area contributed by atoms with E-state index in [1.165, 1.54) is 0 Å².